The van der Waals surface area contributed by atoms with E-state index in [1.165, 1.54) is 71.6 Å². The molecule has 4 nitrogen and oxygen atoms in total. The lowest BCUT2D eigenvalue weighted by atomic mass is 10.00. The molecule has 1 unspecified atom stereocenters. The molecule has 0 radical (unpaired) electrons. The maximum atomic E-state index is 5.17. The molecule has 0 N–H and O–H groups in total. The number of aromatic nitrogens is 4. The Labute approximate surface area is 366 Å². The summed E-state index contributed by atoms with van der Waals surface area (Å²) in [6.45, 7) is 2.29. The van der Waals surface area contributed by atoms with Crippen molar-refractivity contribution in [2.75, 3.05) is 0 Å². The predicted molar refractivity (Wildman–Crippen MR) is 264 cm³/mol. The molecule has 0 spiro atoms. The SMILES string of the molecule is CC1C=C(n2c3ccccc3c3cc(-c4ccc5c(c4)c4ccccc4n5-c4ccc(-c5nc(-c6ccccc6)cc(-c6ccc(-c7ccccc7)cc6)n5)cc4)ccc32)C=CC1. The fourth-order valence-electron chi connectivity index (χ4n) is 9.53. The summed E-state index contributed by atoms with van der Waals surface area (Å²) in [6.07, 6.45) is 8.06. The van der Waals surface area contributed by atoms with Crippen LogP contribution in [-0.2, 0) is 0 Å². The van der Waals surface area contributed by atoms with E-state index in [0.717, 1.165) is 40.2 Å². The molecule has 3 aromatic heterocycles. The molecule has 8 aromatic carbocycles. The largest absolute Gasteiger partial charge is 0.310 e. The third-order valence-corrected chi connectivity index (χ3v) is 12.7. The van der Waals surface area contributed by atoms with Gasteiger partial charge in [0.1, 0.15) is 0 Å². The van der Waals surface area contributed by atoms with Gasteiger partial charge in [-0.05, 0) is 107 Å². The van der Waals surface area contributed by atoms with Gasteiger partial charge in [0, 0.05) is 49.6 Å². The summed E-state index contributed by atoms with van der Waals surface area (Å²) >= 11 is 0. The van der Waals surface area contributed by atoms with Gasteiger partial charge < -0.3 is 9.13 Å². The first-order chi connectivity index (χ1) is 31.1. The highest BCUT2D eigenvalue weighted by Gasteiger charge is 2.18. The van der Waals surface area contributed by atoms with E-state index in [9.17, 15) is 0 Å². The van der Waals surface area contributed by atoms with Crippen LogP contribution in [0.2, 0.25) is 0 Å². The summed E-state index contributed by atoms with van der Waals surface area (Å²) in [5, 5.41) is 4.99. The van der Waals surface area contributed by atoms with E-state index < -0.39 is 0 Å². The van der Waals surface area contributed by atoms with Gasteiger partial charge in [0.25, 0.3) is 0 Å². The van der Waals surface area contributed by atoms with Crippen LogP contribution in [0, 0.1) is 5.92 Å². The summed E-state index contributed by atoms with van der Waals surface area (Å²) in [7, 11) is 0. The lowest BCUT2D eigenvalue weighted by Gasteiger charge is -2.15. The van der Waals surface area contributed by atoms with Crippen LogP contribution in [0.15, 0.2) is 218 Å². The Balaban J connectivity index is 0.925. The molecule has 63 heavy (non-hydrogen) atoms. The average Bonchev–Trinajstić information content (AvgIpc) is 3.87. The van der Waals surface area contributed by atoms with Crippen LogP contribution in [-0.4, -0.2) is 19.1 Å². The minimum Gasteiger partial charge on any atom is -0.310 e. The van der Waals surface area contributed by atoms with Crippen molar-refractivity contribution in [2.45, 2.75) is 13.3 Å². The van der Waals surface area contributed by atoms with E-state index in [1.807, 2.05) is 12.1 Å². The summed E-state index contributed by atoms with van der Waals surface area (Å²) in [5.41, 5.74) is 16.8. The lowest BCUT2D eigenvalue weighted by Crippen LogP contribution is -2.01. The zero-order valence-corrected chi connectivity index (χ0v) is 34.9. The Kier molecular flexibility index (Phi) is 8.82. The van der Waals surface area contributed by atoms with Crippen molar-refractivity contribution >= 4 is 49.3 Å². The maximum Gasteiger partial charge on any atom is 0.160 e. The molecule has 0 bridgehead atoms. The van der Waals surface area contributed by atoms with Crippen LogP contribution < -0.4 is 0 Å². The van der Waals surface area contributed by atoms with Crippen molar-refractivity contribution < 1.29 is 0 Å². The minimum atomic E-state index is 0.515. The van der Waals surface area contributed by atoms with E-state index in [1.54, 1.807) is 0 Å². The van der Waals surface area contributed by atoms with Gasteiger partial charge in [0.2, 0.25) is 0 Å². The molecule has 1 atom stereocenters. The van der Waals surface area contributed by atoms with Crippen LogP contribution in [0.25, 0.3) is 111 Å². The zero-order valence-electron chi connectivity index (χ0n) is 34.9. The number of fused-ring (bicyclic) bond motifs is 6. The highest BCUT2D eigenvalue weighted by Crippen LogP contribution is 2.39. The molecule has 0 saturated carbocycles. The van der Waals surface area contributed by atoms with Gasteiger partial charge in [-0.1, -0.05) is 153 Å². The van der Waals surface area contributed by atoms with Crippen molar-refractivity contribution in [1.82, 2.24) is 19.1 Å². The number of hydrogen-bond acceptors (Lipinski definition) is 2. The fraction of sp³-hybridized carbons (Fsp3) is 0.0508. The Morgan fingerprint density at radius 2 is 0.857 bits per heavy atom. The summed E-state index contributed by atoms with van der Waals surface area (Å²) in [4.78, 5) is 10.3. The van der Waals surface area contributed by atoms with Gasteiger partial charge >= 0.3 is 0 Å². The van der Waals surface area contributed by atoms with Gasteiger partial charge in [0.15, 0.2) is 5.82 Å². The molecule has 3 heterocycles. The molecule has 0 aliphatic heterocycles. The predicted octanol–water partition coefficient (Wildman–Crippen LogP) is 15.5. The van der Waals surface area contributed by atoms with E-state index in [0.29, 0.717) is 11.7 Å². The molecule has 0 fully saturated rings. The van der Waals surface area contributed by atoms with E-state index >= 15 is 0 Å². The van der Waals surface area contributed by atoms with Crippen molar-refractivity contribution in [3.05, 3.63) is 218 Å². The fourth-order valence-corrected chi connectivity index (χ4v) is 9.53. The number of allylic oxidation sites excluding steroid dienone is 4. The van der Waals surface area contributed by atoms with Crippen LogP contribution in [0.5, 0.6) is 0 Å². The third kappa shape index (κ3) is 6.47. The van der Waals surface area contributed by atoms with E-state index in [2.05, 4.69) is 222 Å². The van der Waals surface area contributed by atoms with E-state index in [4.69, 9.17) is 9.97 Å². The van der Waals surface area contributed by atoms with Crippen LogP contribution in [0.4, 0.5) is 0 Å². The lowest BCUT2D eigenvalue weighted by molar-refractivity contribution is 0.735. The standard InChI is InChI=1S/C59H42N4/c1-39-13-12-18-48(35-39)63-56-22-11-9-20-50(56)52-37-46(30-34-58(52)63)45-29-33-57-51(36-45)49-19-8-10-21-55(49)62(57)47-31-27-44(28-32-47)59-60-53(42-16-6-3-7-17-42)38-54(61-59)43-25-23-41(24-26-43)40-14-4-2-5-15-40/h2-12,14-39H,13H2,1H3. The highest BCUT2D eigenvalue weighted by molar-refractivity contribution is 6.13. The Morgan fingerprint density at radius 3 is 1.48 bits per heavy atom. The average molecular weight is 807 g/mol. The quantitative estimate of drug-likeness (QED) is 0.161. The molecule has 298 valence electrons. The third-order valence-electron chi connectivity index (χ3n) is 12.7. The molecule has 1 aliphatic rings. The van der Waals surface area contributed by atoms with Crippen molar-refractivity contribution in [3.63, 3.8) is 0 Å². The summed E-state index contributed by atoms with van der Waals surface area (Å²) in [6, 6.07) is 71.7. The second-order valence-electron chi connectivity index (χ2n) is 16.7. The first kappa shape index (κ1) is 36.7. The first-order valence-electron chi connectivity index (χ1n) is 21.8. The zero-order chi connectivity index (χ0) is 41.9. The van der Waals surface area contributed by atoms with Crippen LogP contribution in [0.3, 0.4) is 0 Å². The Bertz CT molecular complexity index is 3570. The van der Waals surface area contributed by atoms with Crippen molar-refractivity contribution in [1.29, 1.82) is 0 Å². The minimum absolute atomic E-state index is 0.515. The monoisotopic (exact) mass is 806 g/mol. The second-order valence-corrected chi connectivity index (χ2v) is 16.7. The number of benzene rings is 8. The molecule has 0 amide bonds. The molecule has 11 aromatic rings. The highest BCUT2D eigenvalue weighted by atomic mass is 15.0. The first-order valence-corrected chi connectivity index (χ1v) is 21.8. The Morgan fingerprint density at radius 1 is 0.397 bits per heavy atom. The van der Waals surface area contributed by atoms with Gasteiger partial charge in [-0.3, -0.25) is 0 Å². The van der Waals surface area contributed by atoms with Crippen molar-refractivity contribution in [3.8, 4) is 61.8 Å². The Hall–Kier alpha value is -8.08. The number of nitrogens with zero attached hydrogens (tertiary/aromatic N) is 4. The second kappa shape index (κ2) is 15.1. The molecule has 4 heteroatoms. The van der Waals surface area contributed by atoms with E-state index in [-0.39, 0.29) is 0 Å². The van der Waals surface area contributed by atoms with Gasteiger partial charge in [-0.25, -0.2) is 9.97 Å². The van der Waals surface area contributed by atoms with Gasteiger partial charge in [-0.2, -0.15) is 0 Å². The summed E-state index contributed by atoms with van der Waals surface area (Å²) in [5.74, 6) is 1.21. The number of rotatable bonds is 7. The normalized spacial score (nSPS) is 13.9. The molecular formula is C59H42N4. The maximum absolute atomic E-state index is 5.17. The van der Waals surface area contributed by atoms with Gasteiger partial charge in [0.05, 0.1) is 33.5 Å². The molecule has 12 rings (SSSR count). The van der Waals surface area contributed by atoms with Gasteiger partial charge in [-0.15, -0.1) is 0 Å². The molecular weight excluding hydrogens is 765 g/mol. The smallest absolute Gasteiger partial charge is 0.160 e. The summed E-state index contributed by atoms with van der Waals surface area (Å²) < 4.78 is 4.81. The topological polar surface area (TPSA) is 35.6 Å². The number of para-hydroxylation sites is 2. The molecule has 1 aliphatic carbocycles. The number of hydrogen-bond donors (Lipinski definition) is 0. The van der Waals surface area contributed by atoms with Crippen LogP contribution in [0.1, 0.15) is 13.3 Å². The van der Waals surface area contributed by atoms with Crippen LogP contribution >= 0.6 is 0 Å². The van der Waals surface area contributed by atoms with Crippen molar-refractivity contribution in [2.24, 2.45) is 5.92 Å². The molecule has 0 saturated heterocycles.